The standard InChI is InChI=1S/C31H42N4.CH2F3N/c1-8-27(19(2)3)33-24-15-13-23(14-16-24)18-32-30-26-17-12-22(7)29(26)34-31(35-30)25-11-9-10-21(6)28(25)20(4)5;2-1(3,4)5/h8-9,11,13-16,19-22,33H,10,12,17-18H2,1-7H3,(H,32,34,35);5H2/b27-8-;. The number of fused-ring (bicyclic) bond motifs is 1. The van der Waals surface area contributed by atoms with Crippen LogP contribution in [0.3, 0.4) is 0 Å². The molecule has 2 aromatic rings. The Morgan fingerprint density at radius 3 is 2.30 bits per heavy atom. The van der Waals surface area contributed by atoms with Gasteiger partial charge in [0.15, 0.2) is 5.82 Å². The van der Waals surface area contributed by atoms with Crippen LogP contribution in [-0.2, 0) is 13.0 Å². The fourth-order valence-corrected chi connectivity index (χ4v) is 5.49. The fourth-order valence-electron chi connectivity index (χ4n) is 5.49. The van der Waals surface area contributed by atoms with Gasteiger partial charge >= 0.3 is 6.30 Å². The van der Waals surface area contributed by atoms with Crippen molar-refractivity contribution in [1.82, 2.24) is 9.97 Å². The van der Waals surface area contributed by atoms with Crippen LogP contribution in [0.15, 0.2) is 53.8 Å². The van der Waals surface area contributed by atoms with Crippen molar-refractivity contribution in [1.29, 1.82) is 0 Å². The molecule has 1 aromatic carbocycles. The van der Waals surface area contributed by atoms with Crippen molar-refractivity contribution in [2.24, 2.45) is 23.5 Å². The molecule has 0 fully saturated rings. The molecule has 0 spiro atoms. The number of halogens is 3. The lowest BCUT2D eigenvalue weighted by molar-refractivity contribution is -0.122. The average molecular weight is 556 g/mol. The fraction of sp³-hybridized carbons (Fsp3) is 0.500. The summed E-state index contributed by atoms with van der Waals surface area (Å²) in [6.45, 7) is 16.5. The Balaban J connectivity index is 0.000000810. The van der Waals surface area contributed by atoms with E-state index in [1.54, 1.807) is 0 Å². The maximum Gasteiger partial charge on any atom is 0.454 e. The lowest BCUT2D eigenvalue weighted by atomic mass is 9.81. The number of anilines is 2. The van der Waals surface area contributed by atoms with E-state index in [2.05, 4.69) is 107 Å². The highest BCUT2D eigenvalue weighted by atomic mass is 19.4. The zero-order valence-electron chi connectivity index (χ0n) is 24.8. The van der Waals surface area contributed by atoms with E-state index in [1.807, 2.05) is 0 Å². The molecule has 0 radical (unpaired) electrons. The summed E-state index contributed by atoms with van der Waals surface area (Å²) in [6.07, 6.45) is 5.48. The maximum atomic E-state index is 10.1. The molecule has 4 rings (SSSR count). The van der Waals surface area contributed by atoms with Crippen LogP contribution >= 0.6 is 0 Å². The second kappa shape index (κ2) is 13.5. The number of nitrogens with one attached hydrogen (secondary N) is 2. The monoisotopic (exact) mass is 555 g/mol. The van der Waals surface area contributed by atoms with Crippen LogP contribution in [0.2, 0.25) is 0 Å². The second-order valence-corrected chi connectivity index (χ2v) is 11.4. The molecule has 40 heavy (non-hydrogen) atoms. The summed E-state index contributed by atoms with van der Waals surface area (Å²) in [5, 5.41) is 7.21. The van der Waals surface area contributed by atoms with E-state index in [4.69, 9.17) is 9.97 Å². The van der Waals surface area contributed by atoms with Crippen molar-refractivity contribution in [2.75, 3.05) is 10.6 Å². The van der Waals surface area contributed by atoms with Crippen molar-refractivity contribution in [3.05, 3.63) is 76.4 Å². The number of aromatic nitrogens is 2. The van der Waals surface area contributed by atoms with Gasteiger partial charge in [-0.15, -0.1) is 0 Å². The van der Waals surface area contributed by atoms with Gasteiger partial charge in [-0.25, -0.2) is 15.7 Å². The summed E-state index contributed by atoms with van der Waals surface area (Å²) in [4.78, 5) is 10.2. The first-order chi connectivity index (χ1) is 18.8. The molecule has 4 N–H and O–H groups in total. The molecule has 1 aromatic heterocycles. The molecule has 0 amide bonds. The van der Waals surface area contributed by atoms with E-state index in [-0.39, 0.29) is 0 Å². The van der Waals surface area contributed by atoms with Gasteiger partial charge in [-0.3, -0.25) is 0 Å². The number of benzene rings is 1. The van der Waals surface area contributed by atoms with Crippen LogP contribution in [0.1, 0.15) is 89.9 Å². The molecule has 8 heteroatoms. The molecule has 0 aliphatic heterocycles. The van der Waals surface area contributed by atoms with Gasteiger partial charge in [0.25, 0.3) is 0 Å². The van der Waals surface area contributed by atoms with Gasteiger partial charge in [0.1, 0.15) is 5.82 Å². The summed E-state index contributed by atoms with van der Waals surface area (Å²) < 4.78 is 30.4. The van der Waals surface area contributed by atoms with Gasteiger partial charge < -0.3 is 10.6 Å². The van der Waals surface area contributed by atoms with Gasteiger partial charge in [-0.2, -0.15) is 13.2 Å². The van der Waals surface area contributed by atoms with Crippen LogP contribution < -0.4 is 16.4 Å². The van der Waals surface area contributed by atoms with Crippen molar-refractivity contribution in [2.45, 2.75) is 86.5 Å². The number of hydrogen-bond donors (Lipinski definition) is 3. The van der Waals surface area contributed by atoms with E-state index in [0.29, 0.717) is 23.7 Å². The minimum absolute atomic E-state index is 0.478. The minimum Gasteiger partial charge on any atom is -0.366 e. The molecular weight excluding hydrogens is 511 g/mol. The number of allylic oxidation sites excluding steroid dienone is 6. The predicted molar refractivity (Wildman–Crippen MR) is 160 cm³/mol. The van der Waals surface area contributed by atoms with E-state index in [0.717, 1.165) is 43.1 Å². The zero-order valence-corrected chi connectivity index (χ0v) is 24.8. The molecule has 1 heterocycles. The van der Waals surface area contributed by atoms with Crippen molar-refractivity contribution < 1.29 is 13.2 Å². The van der Waals surface area contributed by atoms with Gasteiger partial charge in [-0.05, 0) is 67.6 Å². The van der Waals surface area contributed by atoms with E-state index >= 15 is 0 Å². The molecule has 0 saturated heterocycles. The summed E-state index contributed by atoms with van der Waals surface area (Å²) in [5.74, 6) is 3.88. The first kappa shape index (κ1) is 31.4. The van der Waals surface area contributed by atoms with Crippen molar-refractivity contribution in [3.63, 3.8) is 0 Å². The van der Waals surface area contributed by atoms with Gasteiger partial charge in [0.05, 0.1) is 5.69 Å². The first-order valence-electron chi connectivity index (χ1n) is 14.2. The Labute approximate surface area is 237 Å². The van der Waals surface area contributed by atoms with Gasteiger partial charge in [-0.1, -0.05) is 77.5 Å². The van der Waals surface area contributed by atoms with E-state index in [1.165, 1.54) is 33.7 Å². The topological polar surface area (TPSA) is 75.9 Å². The number of hydrogen-bond acceptors (Lipinski definition) is 5. The smallest absolute Gasteiger partial charge is 0.366 e. The number of rotatable bonds is 8. The quantitative estimate of drug-likeness (QED) is 0.284. The number of alkyl halides is 3. The molecule has 218 valence electrons. The van der Waals surface area contributed by atoms with E-state index in [9.17, 15) is 13.2 Å². The molecule has 2 aliphatic carbocycles. The number of nitrogens with two attached hydrogens (primary N) is 1. The Hall–Kier alpha value is -3.13. The third kappa shape index (κ3) is 8.43. The predicted octanol–water partition coefficient (Wildman–Crippen LogP) is 8.58. The third-order valence-electron chi connectivity index (χ3n) is 7.45. The lowest BCUT2D eigenvalue weighted by Crippen LogP contribution is -2.20. The van der Waals surface area contributed by atoms with Crippen LogP contribution in [-0.4, -0.2) is 16.3 Å². The average Bonchev–Trinajstić information content (AvgIpc) is 3.25. The molecule has 0 saturated carbocycles. The molecule has 2 aliphatic rings. The van der Waals surface area contributed by atoms with Crippen LogP contribution in [0.25, 0.3) is 5.57 Å². The minimum atomic E-state index is -4.50. The zero-order chi connectivity index (χ0) is 29.6. The molecule has 5 nitrogen and oxygen atoms in total. The highest BCUT2D eigenvalue weighted by molar-refractivity contribution is 5.75. The number of nitrogens with zero attached hydrogens (tertiary/aromatic N) is 2. The molecule has 0 bridgehead atoms. The normalized spacial score (nSPS) is 19.1. The molecular formula is C32H44F3N5. The summed E-state index contributed by atoms with van der Waals surface area (Å²) in [7, 11) is 0. The largest absolute Gasteiger partial charge is 0.454 e. The lowest BCUT2D eigenvalue weighted by Gasteiger charge is -2.25. The highest BCUT2D eigenvalue weighted by Crippen LogP contribution is 2.39. The van der Waals surface area contributed by atoms with Crippen molar-refractivity contribution >= 4 is 17.1 Å². The van der Waals surface area contributed by atoms with E-state index < -0.39 is 6.30 Å². The Bertz CT molecular complexity index is 1230. The summed E-state index contributed by atoms with van der Waals surface area (Å²) >= 11 is 0. The first-order valence-corrected chi connectivity index (χ1v) is 14.2. The van der Waals surface area contributed by atoms with Gasteiger partial charge in [0, 0.05) is 29.1 Å². The van der Waals surface area contributed by atoms with Crippen LogP contribution in [0.5, 0.6) is 0 Å². The SMILES string of the molecule is C/C=C(\Nc1ccc(CNc2nc(C3=C(C(C)C)C(C)CC=C3)nc3c2CCC3C)cc1)C(C)C.NC(F)(F)F. The Kier molecular flexibility index (Phi) is 10.6. The highest BCUT2D eigenvalue weighted by Gasteiger charge is 2.28. The van der Waals surface area contributed by atoms with Gasteiger partial charge in [0.2, 0.25) is 0 Å². The maximum absolute atomic E-state index is 10.1. The summed E-state index contributed by atoms with van der Waals surface area (Å²) in [6, 6.07) is 8.71. The molecule has 2 unspecified atom stereocenters. The van der Waals surface area contributed by atoms with Crippen LogP contribution in [0.4, 0.5) is 24.7 Å². The second-order valence-electron chi connectivity index (χ2n) is 11.4. The summed E-state index contributed by atoms with van der Waals surface area (Å²) in [5.41, 5.74) is 12.2. The van der Waals surface area contributed by atoms with Crippen molar-refractivity contribution in [3.8, 4) is 0 Å². The molecule has 2 atom stereocenters. The Morgan fingerprint density at radius 2 is 1.73 bits per heavy atom. The van der Waals surface area contributed by atoms with Crippen LogP contribution in [0, 0.1) is 17.8 Å². The Morgan fingerprint density at radius 1 is 1.07 bits per heavy atom. The third-order valence-corrected chi connectivity index (χ3v) is 7.45.